The van der Waals surface area contributed by atoms with Gasteiger partial charge in [0.2, 0.25) is 0 Å². The van der Waals surface area contributed by atoms with Gasteiger partial charge in [0.15, 0.2) is 0 Å². The standard InChI is InChI=1S/C15H26N2O3/c1-3-7-15(13(18)19)8-4-9-17(15)14(20)16-11(2)10-12-5-6-12/h11-12H,3-10H2,1-2H3,(H,16,20)(H,18,19). The maximum atomic E-state index is 12.4. The van der Waals surface area contributed by atoms with Gasteiger partial charge in [0, 0.05) is 12.6 Å². The molecule has 1 saturated heterocycles. The molecule has 0 aromatic carbocycles. The van der Waals surface area contributed by atoms with E-state index in [1.54, 1.807) is 4.90 Å². The number of hydrogen-bond acceptors (Lipinski definition) is 2. The Bertz CT molecular complexity index is 381. The van der Waals surface area contributed by atoms with Gasteiger partial charge >= 0.3 is 12.0 Å². The van der Waals surface area contributed by atoms with Crippen molar-refractivity contribution in [2.45, 2.75) is 70.4 Å². The molecule has 1 heterocycles. The SMILES string of the molecule is CCCC1(C(=O)O)CCCN1C(=O)NC(C)CC1CC1. The fourth-order valence-electron chi connectivity index (χ4n) is 3.38. The number of nitrogens with zero attached hydrogens (tertiary/aromatic N) is 1. The van der Waals surface area contributed by atoms with E-state index in [2.05, 4.69) is 5.32 Å². The lowest BCUT2D eigenvalue weighted by molar-refractivity contribution is -0.148. The molecule has 2 fully saturated rings. The highest BCUT2D eigenvalue weighted by Gasteiger charge is 2.49. The average Bonchev–Trinajstić information content (AvgIpc) is 3.06. The summed E-state index contributed by atoms with van der Waals surface area (Å²) in [5.41, 5.74) is -0.988. The maximum absolute atomic E-state index is 12.4. The zero-order valence-electron chi connectivity index (χ0n) is 12.5. The molecule has 0 radical (unpaired) electrons. The van der Waals surface area contributed by atoms with E-state index in [1.807, 2.05) is 13.8 Å². The van der Waals surface area contributed by atoms with E-state index < -0.39 is 11.5 Å². The molecule has 2 aliphatic rings. The van der Waals surface area contributed by atoms with E-state index in [-0.39, 0.29) is 12.1 Å². The van der Waals surface area contributed by atoms with Gasteiger partial charge in [-0.05, 0) is 38.5 Å². The number of carbonyl (C=O) groups is 2. The molecule has 20 heavy (non-hydrogen) atoms. The number of urea groups is 1. The van der Waals surface area contributed by atoms with Gasteiger partial charge in [-0.1, -0.05) is 26.2 Å². The summed E-state index contributed by atoms with van der Waals surface area (Å²) in [4.78, 5) is 25.6. The molecule has 5 nitrogen and oxygen atoms in total. The molecule has 2 rings (SSSR count). The van der Waals surface area contributed by atoms with Crippen LogP contribution < -0.4 is 5.32 Å². The van der Waals surface area contributed by atoms with Crippen LogP contribution in [0.25, 0.3) is 0 Å². The molecular weight excluding hydrogens is 256 g/mol. The van der Waals surface area contributed by atoms with Crippen molar-refractivity contribution in [1.82, 2.24) is 10.2 Å². The predicted octanol–water partition coefficient (Wildman–Crippen LogP) is 2.60. The molecule has 0 aromatic heterocycles. The van der Waals surface area contributed by atoms with Crippen molar-refractivity contribution >= 4 is 12.0 Å². The van der Waals surface area contributed by atoms with E-state index in [9.17, 15) is 14.7 Å². The molecule has 1 saturated carbocycles. The first-order chi connectivity index (χ1) is 9.49. The summed E-state index contributed by atoms with van der Waals surface area (Å²) in [7, 11) is 0. The van der Waals surface area contributed by atoms with Crippen LogP contribution in [0.3, 0.4) is 0 Å². The summed E-state index contributed by atoms with van der Waals surface area (Å²) in [5, 5.41) is 12.6. The van der Waals surface area contributed by atoms with Crippen molar-refractivity contribution in [3.63, 3.8) is 0 Å². The van der Waals surface area contributed by atoms with Crippen molar-refractivity contribution in [2.24, 2.45) is 5.92 Å². The smallest absolute Gasteiger partial charge is 0.329 e. The molecule has 2 atom stereocenters. The van der Waals surface area contributed by atoms with Crippen LogP contribution in [0.1, 0.15) is 58.8 Å². The highest BCUT2D eigenvalue weighted by atomic mass is 16.4. The quantitative estimate of drug-likeness (QED) is 0.786. The van der Waals surface area contributed by atoms with Crippen LogP contribution >= 0.6 is 0 Å². The zero-order valence-corrected chi connectivity index (χ0v) is 12.5. The van der Waals surface area contributed by atoms with Crippen LogP contribution in [0.4, 0.5) is 4.79 Å². The van der Waals surface area contributed by atoms with Gasteiger partial charge in [-0.15, -0.1) is 0 Å². The number of aliphatic carboxylic acids is 1. The summed E-state index contributed by atoms with van der Waals surface area (Å²) in [6.07, 6.45) is 6.18. The Labute approximate surface area is 120 Å². The molecule has 114 valence electrons. The van der Waals surface area contributed by atoms with Crippen LogP contribution in [0.5, 0.6) is 0 Å². The number of likely N-dealkylation sites (tertiary alicyclic amines) is 1. The van der Waals surface area contributed by atoms with Crippen molar-refractivity contribution in [3.8, 4) is 0 Å². The molecule has 1 aliphatic heterocycles. The molecule has 2 amide bonds. The first-order valence-electron chi connectivity index (χ1n) is 7.81. The number of carbonyl (C=O) groups excluding carboxylic acids is 1. The number of hydrogen-bond donors (Lipinski definition) is 2. The number of rotatable bonds is 6. The highest BCUT2D eigenvalue weighted by molar-refractivity contribution is 5.87. The Morgan fingerprint density at radius 3 is 2.70 bits per heavy atom. The normalized spacial score (nSPS) is 27.4. The van der Waals surface area contributed by atoms with Crippen LogP contribution in [0.2, 0.25) is 0 Å². The van der Waals surface area contributed by atoms with Crippen molar-refractivity contribution in [3.05, 3.63) is 0 Å². The van der Waals surface area contributed by atoms with Crippen LogP contribution in [-0.2, 0) is 4.79 Å². The lowest BCUT2D eigenvalue weighted by Crippen LogP contribution is -2.57. The van der Waals surface area contributed by atoms with E-state index in [1.165, 1.54) is 12.8 Å². The van der Waals surface area contributed by atoms with Crippen LogP contribution in [0, 0.1) is 5.92 Å². The average molecular weight is 282 g/mol. The molecule has 0 spiro atoms. The Kier molecular flexibility index (Phi) is 4.55. The van der Waals surface area contributed by atoms with Gasteiger partial charge in [0.1, 0.15) is 5.54 Å². The third-order valence-corrected chi connectivity index (χ3v) is 4.55. The first kappa shape index (κ1) is 15.1. The van der Waals surface area contributed by atoms with Gasteiger partial charge in [-0.3, -0.25) is 0 Å². The zero-order chi connectivity index (χ0) is 14.8. The van der Waals surface area contributed by atoms with Gasteiger partial charge in [-0.25, -0.2) is 9.59 Å². The Morgan fingerprint density at radius 2 is 2.15 bits per heavy atom. The topological polar surface area (TPSA) is 69.6 Å². The summed E-state index contributed by atoms with van der Waals surface area (Å²) < 4.78 is 0. The second-order valence-corrected chi connectivity index (χ2v) is 6.37. The van der Waals surface area contributed by atoms with E-state index in [4.69, 9.17) is 0 Å². The largest absolute Gasteiger partial charge is 0.479 e. The Balaban J connectivity index is 2.00. The number of amides is 2. The second-order valence-electron chi connectivity index (χ2n) is 6.37. The number of carboxylic acid groups (broad SMARTS) is 1. The van der Waals surface area contributed by atoms with Crippen LogP contribution in [-0.4, -0.2) is 40.1 Å². The summed E-state index contributed by atoms with van der Waals surface area (Å²) in [5.74, 6) is -0.106. The molecule has 0 bridgehead atoms. The minimum Gasteiger partial charge on any atom is -0.479 e. The lowest BCUT2D eigenvalue weighted by atomic mass is 9.91. The van der Waals surface area contributed by atoms with Gasteiger partial charge in [0.25, 0.3) is 0 Å². The molecule has 2 N–H and O–H groups in total. The van der Waals surface area contributed by atoms with Gasteiger partial charge in [-0.2, -0.15) is 0 Å². The first-order valence-corrected chi connectivity index (χ1v) is 7.81. The summed E-state index contributed by atoms with van der Waals surface area (Å²) in [6.45, 7) is 4.53. The maximum Gasteiger partial charge on any atom is 0.329 e. The number of nitrogens with one attached hydrogen (secondary N) is 1. The molecule has 1 aliphatic carbocycles. The predicted molar refractivity (Wildman–Crippen MR) is 76.5 cm³/mol. The fraction of sp³-hybridized carbons (Fsp3) is 0.867. The summed E-state index contributed by atoms with van der Waals surface area (Å²) in [6, 6.07) is -0.0739. The fourth-order valence-corrected chi connectivity index (χ4v) is 3.38. The van der Waals surface area contributed by atoms with Crippen molar-refractivity contribution in [2.75, 3.05) is 6.54 Å². The molecule has 0 aromatic rings. The third-order valence-electron chi connectivity index (χ3n) is 4.55. The van der Waals surface area contributed by atoms with Gasteiger partial charge in [0.05, 0.1) is 0 Å². The van der Waals surface area contributed by atoms with Gasteiger partial charge < -0.3 is 15.3 Å². The van der Waals surface area contributed by atoms with E-state index in [0.29, 0.717) is 19.4 Å². The Hall–Kier alpha value is -1.26. The van der Waals surface area contributed by atoms with E-state index in [0.717, 1.165) is 25.2 Å². The van der Waals surface area contributed by atoms with Crippen LogP contribution in [0.15, 0.2) is 0 Å². The molecule has 5 heteroatoms. The van der Waals surface area contributed by atoms with Crippen molar-refractivity contribution in [1.29, 1.82) is 0 Å². The number of carboxylic acids is 1. The Morgan fingerprint density at radius 1 is 1.45 bits per heavy atom. The summed E-state index contributed by atoms with van der Waals surface area (Å²) >= 11 is 0. The highest BCUT2D eigenvalue weighted by Crippen LogP contribution is 2.35. The lowest BCUT2D eigenvalue weighted by Gasteiger charge is -2.35. The minimum atomic E-state index is -0.988. The molecular formula is C15H26N2O3. The van der Waals surface area contributed by atoms with Crippen molar-refractivity contribution < 1.29 is 14.7 Å². The molecule has 2 unspecified atom stereocenters. The monoisotopic (exact) mass is 282 g/mol. The minimum absolute atomic E-state index is 0.128. The third kappa shape index (κ3) is 3.07. The second kappa shape index (κ2) is 6.02. The van der Waals surface area contributed by atoms with E-state index >= 15 is 0 Å².